The molecular weight excluding hydrogens is 550 g/mol. The Hall–Kier alpha value is -3.56. The number of hydrogen-bond donors (Lipinski definition) is 1. The van der Waals surface area contributed by atoms with Gasteiger partial charge in [-0.05, 0) is 74.7 Å². The fourth-order valence-electron chi connectivity index (χ4n) is 4.11. The number of sulfonamides is 1. The molecule has 0 aliphatic rings. The molecule has 3 aromatic carbocycles. The van der Waals surface area contributed by atoms with Gasteiger partial charge in [-0.25, -0.2) is 8.42 Å². The van der Waals surface area contributed by atoms with Crippen molar-refractivity contribution in [2.45, 2.75) is 57.6 Å². The Morgan fingerprint density at radius 1 is 1.00 bits per heavy atom. The number of carbonyl (C=O) groups excluding carboxylic acids is 2. The van der Waals surface area contributed by atoms with Crippen LogP contribution in [0.4, 0.5) is 5.69 Å². The largest absolute Gasteiger partial charge is 0.497 e. The fourth-order valence-corrected chi connectivity index (χ4v) is 5.78. The van der Waals surface area contributed by atoms with Crippen LogP contribution in [0, 0.1) is 6.92 Å². The molecule has 0 aliphatic heterocycles. The smallest absolute Gasteiger partial charge is 0.264 e. The molecule has 0 aromatic heterocycles. The second-order valence-corrected chi connectivity index (χ2v) is 11.8. The summed E-state index contributed by atoms with van der Waals surface area (Å²) >= 11 is 6.36. The molecule has 2 atom stereocenters. The van der Waals surface area contributed by atoms with Crippen molar-refractivity contribution in [1.82, 2.24) is 10.2 Å². The molecule has 8 nitrogen and oxygen atoms in total. The predicted molar refractivity (Wildman–Crippen MR) is 158 cm³/mol. The van der Waals surface area contributed by atoms with Crippen LogP contribution in [-0.4, -0.2) is 50.9 Å². The molecule has 0 saturated carbocycles. The molecule has 2 amide bonds. The van der Waals surface area contributed by atoms with E-state index in [1.165, 1.54) is 17.0 Å². The van der Waals surface area contributed by atoms with Gasteiger partial charge in [-0.2, -0.15) is 0 Å². The molecule has 0 bridgehead atoms. The van der Waals surface area contributed by atoms with Crippen molar-refractivity contribution >= 4 is 39.1 Å². The number of carbonyl (C=O) groups is 2. The van der Waals surface area contributed by atoms with Crippen LogP contribution in [0.25, 0.3) is 0 Å². The summed E-state index contributed by atoms with van der Waals surface area (Å²) in [6.45, 7) is 6.70. The van der Waals surface area contributed by atoms with E-state index in [0.717, 1.165) is 16.3 Å². The van der Waals surface area contributed by atoms with Crippen LogP contribution < -0.4 is 14.4 Å². The van der Waals surface area contributed by atoms with Gasteiger partial charge in [0.05, 0.1) is 17.7 Å². The first-order valence-electron chi connectivity index (χ1n) is 13.0. The van der Waals surface area contributed by atoms with Gasteiger partial charge in [0.2, 0.25) is 11.8 Å². The summed E-state index contributed by atoms with van der Waals surface area (Å²) in [4.78, 5) is 28.6. The molecule has 40 heavy (non-hydrogen) atoms. The Labute approximate surface area is 241 Å². The van der Waals surface area contributed by atoms with E-state index >= 15 is 0 Å². The Kier molecular flexibility index (Phi) is 10.6. The molecule has 0 radical (unpaired) electrons. The second kappa shape index (κ2) is 13.7. The second-order valence-electron chi connectivity index (χ2n) is 9.58. The first-order chi connectivity index (χ1) is 19.0. The molecular formula is C30H36ClN3O5S. The van der Waals surface area contributed by atoms with Gasteiger partial charge in [0.1, 0.15) is 18.3 Å². The van der Waals surface area contributed by atoms with E-state index in [4.69, 9.17) is 16.3 Å². The number of amides is 2. The van der Waals surface area contributed by atoms with Gasteiger partial charge in [-0.1, -0.05) is 54.9 Å². The van der Waals surface area contributed by atoms with Gasteiger partial charge < -0.3 is 15.0 Å². The first kappa shape index (κ1) is 31.0. The summed E-state index contributed by atoms with van der Waals surface area (Å²) in [6, 6.07) is 19.0. The third-order valence-electron chi connectivity index (χ3n) is 6.77. The molecule has 3 aromatic rings. The first-order valence-corrected chi connectivity index (χ1v) is 14.9. The Bertz CT molecular complexity index is 1430. The summed E-state index contributed by atoms with van der Waals surface area (Å²) in [5, 5.41) is 3.29. The maximum absolute atomic E-state index is 14.0. The molecule has 0 fully saturated rings. The predicted octanol–water partition coefficient (Wildman–Crippen LogP) is 5.18. The van der Waals surface area contributed by atoms with Gasteiger partial charge in [0.15, 0.2) is 0 Å². The van der Waals surface area contributed by atoms with Crippen molar-refractivity contribution < 1.29 is 22.7 Å². The van der Waals surface area contributed by atoms with Crippen molar-refractivity contribution in [2.75, 3.05) is 18.0 Å². The third kappa shape index (κ3) is 7.34. The normalized spacial score (nSPS) is 12.8. The number of rotatable bonds is 12. The van der Waals surface area contributed by atoms with Crippen molar-refractivity contribution in [3.05, 3.63) is 88.9 Å². The van der Waals surface area contributed by atoms with Crippen LogP contribution in [0.2, 0.25) is 5.02 Å². The number of methoxy groups -OCH3 is 1. The van der Waals surface area contributed by atoms with Gasteiger partial charge >= 0.3 is 0 Å². The fraction of sp³-hybridized carbons (Fsp3) is 0.333. The van der Waals surface area contributed by atoms with Crippen molar-refractivity contribution in [3.8, 4) is 5.75 Å². The zero-order valence-corrected chi connectivity index (χ0v) is 25.0. The number of halogens is 1. The summed E-state index contributed by atoms with van der Waals surface area (Å²) < 4.78 is 34.2. The standard InChI is InChI=1S/C30H36ClN3O5S/c1-6-21(2)32-30(36)23(4)33(19-24-12-10-13-25(18-24)39-5)29(35)20-34(28-17-11-16-27(31)22(28)3)40(37,38)26-14-8-7-9-15-26/h7-18,21,23H,6,19-20H2,1-5H3,(H,32,36)/t21-,23+/m1/s1. The van der Waals surface area contributed by atoms with Crippen LogP contribution in [-0.2, 0) is 26.2 Å². The highest BCUT2D eigenvalue weighted by molar-refractivity contribution is 7.92. The number of ether oxygens (including phenoxy) is 1. The summed E-state index contributed by atoms with van der Waals surface area (Å²) in [5.41, 5.74) is 1.52. The van der Waals surface area contributed by atoms with Gasteiger partial charge in [-0.3, -0.25) is 13.9 Å². The number of nitrogens with one attached hydrogen (secondary N) is 1. The van der Waals surface area contributed by atoms with E-state index in [9.17, 15) is 18.0 Å². The molecule has 0 aliphatic carbocycles. The molecule has 1 N–H and O–H groups in total. The highest BCUT2D eigenvalue weighted by Crippen LogP contribution is 2.31. The molecule has 0 heterocycles. The average molecular weight is 586 g/mol. The van der Waals surface area contributed by atoms with Gasteiger partial charge in [0.25, 0.3) is 10.0 Å². The minimum absolute atomic E-state index is 0.0316. The van der Waals surface area contributed by atoms with Crippen LogP contribution in [0.15, 0.2) is 77.7 Å². The molecule has 3 rings (SSSR count). The van der Waals surface area contributed by atoms with E-state index < -0.39 is 28.5 Å². The molecule has 214 valence electrons. The number of benzene rings is 3. The summed E-state index contributed by atoms with van der Waals surface area (Å²) in [6.07, 6.45) is 0.722. The SMILES string of the molecule is CC[C@@H](C)NC(=O)[C@H](C)N(Cc1cccc(OC)c1)C(=O)CN(c1cccc(Cl)c1C)S(=O)(=O)c1ccccc1. The lowest BCUT2D eigenvalue weighted by atomic mass is 10.1. The van der Waals surface area contributed by atoms with Crippen LogP contribution in [0.5, 0.6) is 5.75 Å². The Morgan fingerprint density at radius 3 is 2.33 bits per heavy atom. The lowest BCUT2D eigenvalue weighted by Gasteiger charge is -2.33. The van der Waals surface area contributed by atoms with Crippen molar-refractivity contribution in [3.63, 3.8) is 0 Å². The van der Waals surface area contributed by atoms with E-state index in [1.807, 2.05) is 19.9 Å². The van der Waals surface area contributed by atoms with Crippen molar-refractivity contribution in [2.24, 2.45) is 0 Å². The lowest BCUT2D eigenvalue weighted by Crippen LogP contribution is -2.52. The molecule has 0 unspecified atom stereocenters. The topological polar surface area (TPSA) is 96.0 Å². The van der Waals surface area contributed by atoms with E-state index in [0.29, 0.717) is 16.3 Å². The Morgan fingerprint density at radius 2 is 1.68 bits per heavy atom. The van der Waals surface area contributed by atoms with Crippen LogP contribution in [0.3, 0.4) is 0 Å². The van der Waals surface area contributed by atoms with E-state index in [2.05, 4.69) is 5.32 Å². The highest BCUT2D eigenvalue weighted by atomic mass is 35.5. The Balaban J connectivity index is 2.06. The van der Waals surface area contributed by atoms with Gasteiger partial charge in [0, 0.05) is 17.6 Å². The maximum atomic E-state index is 14.0. The molecule has 0 spiro atoms. The van der Waals surface area contributed by atoms with Crippen LogP contribution in [0.1, 0.15) is 38.3 Å². The average Bonchev–Trinajstić information content (AvgIpc) is 2.96. The molecule has 0 saturated heterocycles. The summed E-state index contributed by atoms with van der Waals surface area (Å²) in [7, 11) is -2.62. The maximum Gasteiger partial charge on any atom is 0.264 e. The zero-order valence-electron chi connectivity index (χ0n) is 23.4. The third-order valence-corrected chi connectivity index (χ3v) is 8.96. The van der Waals surface area contributed by atoms with Gasteiger partial charge in [-0.15, -0.1) is 0 Å². The highest BCUT2D eigenvalue weighted by Gasteiger charge is 2.33. The van der Waals surface area contributed by atoms with E-state index in [1.54, 1.807) is 75.6 Å². The number of nitrogens with zero attached hydrogens (tertiary/aromatic N) is 2. The summed E-state index contributed by atoms with van der Waals surface area (Å²) in [5.74, 6) is -0.278. The molecule has 10 heteroatoms. The van der Waals surface area contributed by atoms with Crippen molar-refractivity contribution in [1.29, 1.82) is 0 Å². The zero-order chi connectivity index (χ0) is 29.4. The van der Waals surface area contributed by atoms with Crippen LogP contribution >= 0.6 is 11.6 Å². The van der Waals surface area contributed by atoms with E-state index in [-0.39, 0.29) is 29.1 Å². The lowest BCUT2D eigenvalue weighted by molar-refractivity contribution is -0.139. The quantitative estimate of drug-likeness (QED) is 0.316. The minimum atomic E-state index is -4.17. The number of anilines is 1. The number of hydrogen-bond acceptors (Lipinski definition) is 5. The minimum Gasteiger partial charge on any atom is -0.497 e. The monoisotopic (exact) mass is 585 g/mol.